The number of Topliss-reactive ketones (excluding diaryl/α,β-unsaturated/α-hetero) is 1. The van der Waals surface area contributed by atoms with E-state index in [-0.39, 0.29) is 43.0 Å². The maximum Gasteiger partial charge on any atom is 0.223 e. The van der Waals surface area contributed by atoms with E-state index in [4.69, 9.17) is 10.5 Å². The minimum absolute atomic E-state index is 0. The van der Waals surface area contributed by atoms with Gasteiger partial charge < -0.3 is 15.4 Å². The summed E-state index contributed by atoms with van der Waals surface area (Å²) in [6, 6.07) is 5.41. The molecule has 1 heterocycles. The number of ketones is 1. The molecule has 7 heteroatoms. The second kappa shape index (κ2) is 9.25. The maximum atomic E-state index is 12.4. The van der Waals surface area contributed by atoms with E-state index in [1.807, 2.05) is 11.0 Å². The molecule has 2 rings (SSSR count). The van der Waals surface area contributed by atoms with E-state index in [0.717, 1.165) is 23.9 Å². The average Bonchev–Trinajstić information content (AvgIpc) is 3.00. The van der Waals surface area contributed by atoms with Crippen LogP contribution in [0.1, 0.15) is 36.0 Å². The number of likely N-dealkylation sites (tertiary alicyclic amines) is 1. The quantitative estimate of drug-likeness (QED) is 0.739. The topological polar surface area (TPSA) is 72.6 Å². The van der Waals surface area contributed by atoms with Crippen molar-refractivity contribution in [3.8, 4) is 5.75 Å². The summed E-state index contributed by atoms with van der Waals surface area (Å²) in [6.07, 6.45) is 2.33. The van der Waals surface area contributed by atoms with Gasteiger partial charge in [0.25, 0.3) is 0 Å². The summed E-state index contributed by atoms with van der Waals surface area (Å²) < 4.78 is 6.02. The van der Waals surface area contributed by atoms with Gasteiger partial charge >= 0.3 is 0 Å². The predicted octanol–water partition coefficient (Wildman–Crippen LogP) is 2.79. The lowest BCUT2D eigenvalue weighted by molar-refractivity contribution is -0.131. The highest BCUT2D eigenvalue weighted by Crippen LogP contribution is 2.25. The summed E-state index contributed by atoms with van der Waals surface area (Å²) >= 11 is 3.35. The van der Waals surface area contributed by atoms with Crippen molar-refractivity contribution < 1.29 is 14.3 Å². The first-order chi connectivity index (χ1) is 10.6. The van der Waals surface area contributed by atoms with Crippen LogP contribution in [0.3, 0.4) is 0 Å². The lowest BCUT2D eigenvalue weighted by atomic mass is 10.0. The van der Waals surface area contributed by atoms with Gasteiger partial charge in [0.2, 0.25) is 5.91 Å². The number of methoxy groups -OCH3 is 1. The summed E-state index contributed by atoms with van der Waals surface area (Å²) in [6.45, 7) is 1.23. The molecule has 2 N–H and O–H groups in total. The highest BCUT2D eigenvalue weighted by Gasteiger charge is 2.27. The van der Waals surface area contributed by atoms with Gasteiger partial charge in [0.05, 0.1) is 12.7 Å². The fraction of sp³-hybridized carbons (Fsp3) is 0.500. The van der Waals surface area contributed by atoms with Gasteiger partial charge in [0.1, 0.15) is 5.75 Å². The molecule has 1 saturated heterocycles. The highest BCUT2D eigenvalue weighted by molar-refractivity contribution is 9.10. The molecular formula is C16H22BrClN2O3. The van der Waals surface area contributed by atoms with E-state index in [2.05, 4.69) is 15.9 Å². The Morgan fingerprint density at radius 3 is 2.78 bits per heavy atom. The van der Waals surface area contributed by atoms with Gasteiger partial charge in [-0.3, -0.25) is 9.59 Å². The molecule has 1 amide bonds. The van der Waals surface area contributed by atoms with Crippen molar-refractivity contribution >= 4 is 40.0 Å². The predicted molar refractivity (Wildman–Crippen MR) is 95.3 cm³/mol. The molecule has 1 atom stereocenters. The molecule has 0 aliphatic carbocycles. The molecule has 5 nitrogen and oxygen atoms in total. The molecule has 1 aliphatic heterocycles. The lowest BCUT2D eigenvalue weighted by Gasteiger charge is -2.23. The number of amides is 1. The Bertz CT molecular complexity index is 568. The van der Waals surface area contributed by atoms with Crippen LogP contribution >= 0.6 is 28.3 Å². The number of carbonyl (C=O) groups excluding carboxylic acids is 2. The van der Waals surface area contributed by atoms with E-state index < -0.39 is 0 Å². The Morgan fingerprint density at radius 2 is 2.13 bits per heavy atom. The monoisotopic (exact) mass is 404 g/mol. The van der Waals surface area contributed by atoms with Gasteiger partial charge in [0.15, 0.2) is 5.78 Å². The molecule has 0 saturated carbocycles. The van der Waals surface area contributed by atoms with Crippen molar-refractivity contribution in [3.63, 3.8) is 0 Å². The van der Waals surface area contributed by atoms with Crippen LogP contribution in [0, 0.1) is 0 Å². The van der Waals surface area contributed by atoms with Crippen LogP contribution in [0.15, 0.2) is 22.7 Å². The number of hydrogen-bond donors (Lipinski definition) is 1. The molecular weight excluding hydrogens is 384 g/mol. The number of rotatable bonds is 6. The van der Waals surface area contributed by atoms with E-state index in [1.54, 1.807) is 12.1 Å². The van der Waals surface area contributed by atoms with Crippen molar-refractivity contribution in [1.29, 1.82) is 0 Å². The number of carbonyl (C=O) groups is 2. The number of halogens is 2. The fourth-order valence-corrected chi connectivity index (χ4v) is 3.17. The van der Waals surface area contributed by atoms with Gasteiger partial charge in [-0.2, -0.15) is 0 Å². The Hall–Kier alpha value is -1.11. The SMILES string of the molecule is COc1ccc(Br)cc1C(=O)CCC(=O)N1CCCC1CN.Cl. The van der Waals surface area contributed by atoms with Crippen LogP contribution in [0.4, 0.5) is 0 Å². The molecule has 23 heavy (non-hydrogen) atoms. The molecule has 0 bridgehead atoms. The van der Waals surface area contributed by atoms with Crippen LogP contribution in [0.25, 0.3) is 0 Å². The first-order valence-corrected chi connectivity index (χ1v) is 8.22. The summed E-state index contributed by atoms with van der Waals surface area (Å²) in [5.41, 5.74) is 6.18. The Balaban J connectivity index is 0.00000264. The second-order valence-corrected chi connectivity index (χ2v) is 6.30. The van der Waals surface area contributed by atoms with E-state index >= 15 is 0 Å². The van der Waals surface area contributed by atoms with Crippen LogP contribution in [0.2, 0.25) is 0 Å². The van der Waals surface area contributed by atoms with Gasteiger partial charge in [-0.25, -0.2) is 0 Å². The summed E-state index contributed by atoms with van der Waals surface area (Å²) in [7, 11) is 1.53. The minimum atomic E-state index is -0.0880. The fourth-order valence-electron chi connectivity index (χ4n) is 2.81. The van der Waals surface area contributed by atoms with Crippen LogP contribution in [0.5, 0.6) is 5.75 Å². The number of ether oxygens (including phenoxy) is 1. The smallest absolute Gasteiger partial charge is 0.223 e. The first-order valence-electron chi connectivity index (χ1n) is 7.43. The average molecular weight is 406 g/mol. The molecule has 128 valence electrons. The molecule has 1 aromatic carbocycles. The van der Waals surface area contributed by atoms with Gasteiger partial charge in [-0.05, 0) is 31.0 Å². The first kappa shape index (κ1) is 19.9. The number of benzene rings is 1. The molecule has 1 aromatic rings. The number of nitrogens with zero attached hydrogens (tertiary/aromatic N) is 1. The molecule has 0 radical (unpaired) electrons. The molecule has 1 unspecified atom stereocenters. The zero-order valence-electron chi connectivity index (χ0n) is 13.1. The summed E-state index contributed by atoms with van der Waals surface area (Å²) in [5, 5.41) is 0. The Labute approximate surface area is 151 Å². The van der Waals surface area contributed by atoms with E-state index in [9.17, 15) is 9.59 Å². The largest absolute Gasteiger partial charge is 0.496 e. The zero-order chi connectivity index (χ0) is 16.1. The van der Waals surface area contributed by atoms with E-state index in [1.165, 1.54) is 7.11 Å². The second-order valence-electron chi connectivity index (χ2n) is 5.39. The number of hydrogen-bond acceptors (Lipinski definition) is 4. The molecule has 0 aromatic heterocycles. The van der Waals surface area contributed by atoms with Crippen molar-refractivity contribution in [2.75, 3.05) is 20.2 Å². The third-order valence-electron chi connectivity index (χ3n) is 4.00. The maximum absolute atomic E-state index is 12.4. The van der Waals surface area contributed by atoms with Crippen LogP contribution in [-0.4, -0.2) is 42.8 Å². The third-order valence-corrected chi connectivity index (χ3v) is 4.49. The third kappa shape index (κ3) is 4.93. The lowest BCUT2D eigenvalue weighted by Crippen LogP contribution is -2.39. The summed E-state index contributed by atoms with van der Waals surface area (Å²) in [4.78, 5) is 26.4. The zero-order valence-corrected chi connectivity index (χ0v) is 15.5. The van der Waals surface area contributed by atoms with Crippen molar-refractivity contribution in [2.24, 2.45) is 5.73 Å². The molecule has 1 aliphatic rings. The van der Waals surface area contributed by atoms with Crippen molar-refractivity contribution in [1.82, 2.24) is 4.90 Å². The minimum Gasteiger partial charge on any atom is -0.496 e. The molecule has 1 fully saturated rings. The van der Waals surface area contributed by atoms with Crippen molar-refractivity contribution in [2.45, 2.75) is 31.7 Å². The highest BCUT2D eigenvalue weighted by atomic mass is 79.9. The number of nitrogens with two attached hydrogens (primary N) is 1. The van der Waals surface area contributed by atoms with Crippen LogP contribution < -0.4 is 10.5 Å². The van der Waals surface area contributed by atoms with Crippen molar-refractivity contribution in [3.05, 3.63) is 28.2 Å². The van der Waals surface area contributed by atoms with E-state index in [0.29, 0.717) is 17.9 Å². The Morgan fingerprint density at radius 1 is 1.39 bits per heavy atom. The Kier molecular flexibility index (Phi) is 8.02. The van der Waals surface area contributed by atoms with Gasteiger partial charge in [-0.1, -0.05) is 15.9 Å². The van der Waals surface area contributed by atoms with Gasteiger partial charge in [-0.15, -0.1) is 12.4 Å². The van der Waals surface area contributed by atoms with Crippen LogP contribution in [-0.2, 0) is 4.79 Å². The standard InChI is InChI=1S/C16H21BrN2O3.ClH/c1-22-15-6-4-11(17)9-13(15)14(20)5-7-16(21)19-8-2-3-12(19)10-18;/h4,6,9,12H,2-3,5,7-8,10,18H2,1H3;1H. The van der Waals surface area contributed by atoms with Gasteiger partial charge in [0, 0.05) is 36.4 Å². The normalized spacial score (nSPS) is 16.8. The molecule has 0 spiro atoms. The summed E-state index contributed by atoms with van der Waals surface area (Å²) in [5.74, 6) is 0.451.